The predicted octanol–water partition coefficient (Wildman–Crippen LogP) is 1.40. The molecule has 0 saturated carbocycles. The van der Waals surface area contributed by atoms with Gasteiger partial charge < -0.3 is 5.32 Å². The van der Waals surface area contributed by atoms with Crippen LogP contribution in [0.4, 0.5) is 0 Å². The zero-order chi connectivity index (χ0) is 10.6. The molecule has 0 saturated heterocycles. The Labute approximate surface area is 85.5 Å². The fourth-order valence-corrected chi connectivity index (χ4v) is 1.52. The Morgan fingerprint density at radius 2 is 2.36 bits per heavy atom. The van der Waals surface area contributed by atoms with Crippen LogP contribution in [0, 0.1) is 18.8 Å². The number of aryl methyl sites for hydroxylation is 2. The van der Waals surface area contributed by atoms with Crippen LogP contribution in [0.5, 0.6) is 0 Å². The molecule has 1 atom stereocenters. The third-order valence-corrected chi connectivity index (χ3v) is 2.23. The van der Waals surface area contributed by atoms with Gasteiger partial charge in [0.1, 0.15) is 0 Å². The van der Waals surface area contributed by atoms with Crippen molar-refractivity contribution in [2.75, 3.05) is 7.05 Å². The zero-order valence-corrected chi connectivity index (χ0v) is 9.26. The number of aromatic nitrogens is 2. The highest BCUT2D eigenvalue weighted by Gasteiger charge is 2.12. The molecule has 1 rings (SSSR count). The average molecular weight is 191 g/mol. The summed E-state index contributed by atoms with van der Waals surface area (Å²) in [6.07, 6.45) is 0.825. The topological polar surface area (TPSA) is 29.9 Å². The molecule has 0 aliphatic rings. The number of hydrogen-bond donors (Lipinski definition) is 1. The van der Waals surface area contributed by atoms with Gasteiger partial charge in [-0.05, 0) is 27.0 Å². The van der Waals surface area contributed by atoms with Crippen LogP contribution >= 0.6 is 0 Å². The maximum atomic E-state index is 4.32. The van der Waals surface area contributed by atoms with E-state index >= 15 is 0 Å². The molecule has 0 amide bonds. The van der Waals surface area contributed by atoms with Crippen molar-refractivity contribution in [2.24, 2.45) is 7.05 Å². The van der Waals surface area contributed by atoms with E-state index in [2.05, 4.69) is 28.3 Å². The lowest BCUT2D eigenvalue weighted by atomic mass is 10.1. The summed E-state index contributed by atoms with van der Waals surface area (Å²) >= 11 is 0. The molecule has 0 aliphatic heterocycles. The van der Waals surface area contributed by atoms with E-state index in [1.165, 1.54) is 5.69 Å². The van der Waals surface area contributed by atoms with Crippen LogP contribution < -0.4 is 5.32 Å². The minimum Gasteiger partial charge on any atom is -0.311 e. The van der Waals surface area contributed by atoms with E-state index in [1.807, 2.05) is 32.6 Å². The Morgan fingerprint density at radius 3 is 2.79 bits per heavy atom. The second-order valence-corrected chi connectivity index (χ2v) is 3.31. The van der Waals surface area contributed by atoms with E-state index in [-0.39, 0.29) is 6.04 Å². The van der Waals surface area contributed by atoms with Gasteiger partial charge in [-0.25, -0.2) is 0 Å². The molecular formula is C11H17N3. The highest BCUT2D eigenvalue weighted by molar-refractivity contribution is 5.15. The highest BCUT2D eigenvalue weighted by Crippen LogP contribution is 2.15. The van der Waals surface area contributed by atoms with E-state index in [4.69, 9.17) is 0 Å². The van der Waals surface area contributed by atoms with Crippen molar-refractivity contribution in [2.45, 2.75) is 26.3 Å². The van der Waals surface area contributed by atoms with Gasteiger partial charge in [0.05, 0.1) is 17.4 Å². The molecule has 14 heavy (non-hydrogen) atoms. The summed E-state index contributed by atoms with van der Waals surface area (Å²) in [6, 6.07) is 2.37. The number of hydrogen-bond acceptors (Lipinski definition) is 2. The van der Waals surface area contributed by atoms with Crippen LogP contribution in [0.1, 0.15) is 30.8 Å². The molecule has 0 bridgehead atoms. The third-order valence-electron chi connectivity index (χ3n) is 2.23. The standard InChI is InChI=1S/C11H17N3/c1-5-6-7-10(12-3)11-8-9(2)13-14(11)4/h8,10,12H,7H2,1-4H3. The van der Waals surface area contributed by atoms with Crippen LogP contribution in [-0.2, 0) is 7.05 Å². The first-order valence-corrected chi connectivity index (χ1v) is 4.76. The Morgan fingerprint density at radius 1 is 1.64 bits per heavy atom. The lowest BCUT2D eigenvalue weighted by Gasteiger charge is -2.12. The lowest BCUT2D eigenvalue weighted by Crippen LogP contribution is -2.18. The Hall–Kier alpha value is -1.27. The Balaban J connectivity index is 2.86. The SMILES string of the molecule is CC#CCC(NC)c1cc(C)nn1C. The molecule has 0 aliphatic carbocycles. The molecular weight excluding hydrogens is 174 g/mol. The van der Waals surface area contributed by atoms with Crippen molar-refractivity contribution in [3.63, 3.8) is 0 Å². The molecule has 0 aromatic carbocycles. The van der Waals surface area contributed by atoms with Gasteiger partial charge in [-0.3, -0.25) is 4.68 Å². The van der Waals surface area contributed by atoms with Gasteiger partial charge in [0.15, 0.2) is 0 Å². The Kier molecular flexibility index (Phi) is 3.73. The van der Waals surface area contributed by atoms with E-state index < -0.39 is 0 Å². The van der Waals surface area contributed by atoms with Crippen LogP contribution in [0.2, 0.25) is 0 Å². The van der Waals surface area contributed by atoms with Gasteiger partial charge in [0.25, 0.3) is 0 Å². The normalized spacial score (nSPS) is 12.0. The van der Waals surface area contributed by atoms with Crippen molar-refractivity contribution in [3.8, 4) is 11.8 Å². The first kappa shape index (κ1) is 10.8. The van der Waals surface area contributed by atoms with Crippen LogP contribution in [0.3, 0.4) is 0 Å². The van der Waals surface area contributed by atoms with E-state index in [0.717, 1.165) is 12.1 Å². The molecule has 0 spiro atoms. The minimum atomic E-state index is 0.272. The van der Waals surface area contributed by atoms with Gasteiger partial charge in [0.2, 0.25) is 0 Å². The van der Waals surface area contributed by atoms with Gasteiger partial charge in [-0.15, -0.1) is 11.8 Å². The molecule has 0 fully saturated rings. The molecule has 1 heterocycles. The maximum Gasteiger partial charge on any atom is 0.0600 e. The minimum absolute atomic E-state index is 0.272. The molecule has 1 aromatic rings. The van der Waals surface area contributed by atoms with Crippen LogP contribution in [0.25, 0.3) is 0 Å². The summed E-state index contributed by atoms with van der Waals surface area (Å²) in [5, 5.41) is 7.56. The van der Waals surface area contributed by atoms with E-state index in [1.54, 1.807) is 0 Å². The highest BCUT2D eigenvalue weighted by atomic mass is 15.3. The second kappa shape index (κ2) is 4.83. The number of rotatable bonds is 3. The Bertz CT molecular complexity index is 354. The van der Waals surface area contributed by atoms with Crippen molar-refractivity contribution in [1.29, 1.82) is 0 Å². The monoisotopic (exact) mass is 191 g/mol. The first-order chi connectivity index (χ1) is 6.69. The number of nitrogens with zero attached hydrogens (tertiary/aromatic N) is 2. The van der Waals surface area contributed by atoms with Crippen LogP contribution in [-0.4, -0.2) is 16.8 Å². The molecule has 1 aromatic heterocycles. The quantitative estimate of drug-likeness (QED) is 0.732. The van der Waals surface area contributed by atoms with Crippen molar-refractivity contribution in [1.82, 2.24) is 15.1 Å². The third kappa shape index (κ3) is 2.36. The van der Waals surface area contributed by atoms with Crippen LogP contribution in [0.15, 0.2) is 6.07 Å². The first-order valence-electron chi connectivity index (χ1n) is 4.76. The smallest absolute Gasteiger partial charge is 0.0600 e. The largest absolute Gasteiger partial charge is 0.311 e. The van der Waals surface area contributed by atoms with Crippen molar-refractivity contribution >= 4 is 0 Å². The van der Waals surface area contributed by atoms with Crippen molar-refractivity contribution < 1.29 is 0 Å². The van der Waals surface area contributed by atoms with Crippen molar-refractivity contribution in [3.05, 3.63) is 17.5 Å². The predicted molar refractivity (Wildman–Crippen MR) is 57.8 cm³/mol. The summed E-state index contributed by atoms with van der Waals surface area (Å²) < 4.78 is 1.91. The summed E-state index contributed by atoms with van der Waals surface area (Å²) in [5.74, 6) is 5.99. The zero-order valence-electron chi connectivity index (χ0n) is 9.26. The summed E-state index contributed by atoms with van der Waals surface area (Å²) in [4.78, 5) is 0. The number of nitrogens with one attached hydrogen (secondary N) is 1. The molecule has 3 nitrogen and oxygen atoms in total. The molecule has 1 unspecified atom stereocenters. The molecule has 3 heteroatoms. The summed E-state index contributed by atoms with van der Waals surface area (Å²) in [5.41, 5.74) is 2.24. The van der Waals surface area contributed by atoms with Gasteiger partial charge in [-0.1, -0.05) is 0 Å². The fourth-order valence-electron chi connectivity index (χ4n) is 1.52. The fraction of sp³-hybridized carbons (Fsp3) is 0.545. The van der Waals surface area contributed by atoms with Gasteiger partial charge >= 0.3 is 0 Å². The second-order valence-electron chi connectivity index (χ2n) is 3.31. The summed E-state index contributed by atoms with van der Waals surface area (Å²) in [7, 11) is 3.91. The summed E-state index contributed by atoms with van der Waals surface area (Å²) in [6.45, 7) is 3.86. The molecule has 1 N–H and O–H groups in total. The molecule has 0 radical (unpaired) electrons. The van der Waals surface area contributed by atoms with E-state index in [0.29, 0.717) is 0 Å². The van der Waals surface area contributed by atoms with Gasteiger partial charge in [-0.2, -0.15) is 5.10 Å². The van der Waals surface area contributed by atoms with E-state index in [9.17, 15) is 0 Å². The average Bonchev–Trinajstić information content (AvgIpc) is 2.47. The lowest BCUT2D eigenvalue weighted by molar-refractivity contribution is 0.550. The maximum absolute atomic E-state index is 4.32. The molecule has 76 valence electrons. The van der Waals surface area contributed by atoms with Gasteiger partial charge in [0, 0.05) is 13.5 Å².